The second-order valence-corrected chi connectivity index (χ2v) is 3.94. The van der Waals surface area contributed by atoms with Crippen LogP contribution < -0.4 is 5.43 Å². The van der Waals surface area contributed by atoms with Gasteiger partial charge in [0.25, 0.3) is 5.91 Å². The Balaban J connectivity index is 2.34. The van der Waals surface area contributed by atoms with E-state index in [1.165, 1.54) is 17.2 Å². The second kappa shape index (κ2) is 4.58. The summed E-state index contributed by atoms with van der Waals surface area (Å²) in [6.07, 6.45) is 2.00. The number of aromatic hydroxyl groups is 1. The molecule has 0 spiro atoms. The van der Waals surface area contributed by atoms with Crippen molar-refractivity contribution in [2.45, 2.75) is 13.0 Å². The number of carbonyl (C=O) groups is 1. The molecule has 6 heteroatoms. The Labute approximate surface area is 97.7 Å². The summed E-state index contributed by atoms with van der Waals surface area (Å²) in [4.78, 5) is 24.8. The lowest BCUT2D eigenvalue weighted by Crippen LogP contribution is -2.42. The number of aromatic nitrogens is 1. The van der Waals surface area contributed by atoms with Gasteiger partial charge in [-0.3, -0.25) is 9.59 Å². The van der Waals surface area contributed by atoms with Crippen molar-refractivity contribution >= 4 is 5.91 Å². The molecule has 1 aliphatic rings. The normalized spacial score (nSPS) is 14.9. The van der Waals surface area contributed by atoms with Crippen molar-refractivity contribution < 1.29 is 15.0 Å². The van der Waals surface area contributed by atoms with Gasteiger partial charge in [0.15, 0.2) is 11.4 Å². The fraction of sp³-hybridized carbons (Fsp3) is 0.455. The molecule has 0 bridgehead atoms. The molecule has 0 radical (unpaired) electrons. The molecule has 2 rings (SSSR count). The first kappa shape index (κ1) is 11.7. The van der Waals surface area contributed by atoms with Crippen LogP contribution in [-0.2, 0) is 6.54 Å². The Morgan fingerprint density at radius 3 is 2.76 bits per heavy atom. The van der Waals surface area contributed by atoms with E-state index < -0.39 is 11.2 Å². The third kappa shape index (κ3) is 2.03. The molecule has 92 valence electrons. The largest absolute Gasteiger partial charge is 0.503 e. The van der Waals surface area contributed by atoms with Gasteiger partial charge in [0, 0.05) is 38.5 Å². The predicted molar refractivity (Wildman–Crippen MR) is 60.0 cm³/mol. The zero-order valence-corrected chi connectivity index (χ0v) is 9.30. The lowest BCUT2D eigenvalue weighted by Gasteiger charge is -2.29. The number of rotatable bonds is 3. The molecule has 1 aromatic heterocycles. The van der Waals surface area contributed by atoms with Crippen LogP contribution in [0.3, 0.4) is 0 Å². The fourth-order valence-corrected chi connectivity index (χ4v) is 1.93. The molecule has 0 aromatic carbocycles. The lowest BCUT2D eigenvalue weighted by atomic mass is 10.2. The first-order chi connectivity index (χ1) is 8.15. The Morgan fingerprint density at radius 2 is 2.06 bits per heavy atom. The monoisotopic (exact) mass is 238 g/mol. The van der Waals surface area contributed by atoms with Crippen LogP contribution in [0.5, 0.6) is 5.75 Å². The highest BCUT2D eigenvalue weighted by atomic mass is 16.3. The van der Waals surface area contributed by atoms with Crippen molar-refractivity contribution in [2.24, 2.45) is 0 Å². The standard InChI is InChI=1S/C11H14N2O4/c14-7-1-3-13-6-5-12-4-2-8(15)10(16)9(12)11(13)17/h2,4,14,16H,1,3,5-7H2. The van der Waals surface area contributed by atoms with Gasteiger partial charge in [-0.05, 0) is 6.42 Å². The van der Waals surface area contributed by atoms with E-state index in [1.54, 1.807) is 4.57 Å². The maximum Gasteiger partial charge on any atom is 0.274 e. The number of hydrogen-bond donors (Lipinski definition) is 2. The van der Waals surface area contributed by atoms with Crippen LogP contribution in [0.1, 0.15) is 16.9 Å². The number of carbonyl (C=O) groups excluding carboxylic acids is 1. The summed E-state index contributed by atoms with van der Waals surface area (Å²) in [6.45, 7) is 1.50. The van der Waals surface area contributed by atoms with Gasteiger partial charge in [0.1, 0.15) is 0 Å². The topological polar surface area (TPSA) is 82.8 Å². The van der Waals surface area contributed by atoms with E-state index in [1.807, 2.05) is 0 Å². The summed E-state index contributed by atoms with van der Waals surface area (Å²) >= 11 is 0. The van der Waals surface area contributed by atoms with E-state index in [4.69, 9.17) is 5.11 Å². The first-order valence-corrected chi connectivity index (χ1v) is 5.47. The van der Waals surface area contributed by atoms with Gasteiger partial charge in [-0.1, -0.05) is 0 Å². The van der Waals surface area contributed by atoms with E-state index in [9.17, 15) is 14.7 Å². The van der Waals surface area contributed by atoms with Gasteiger partial charge in [0.2, 0.25) is 5.43 Å². The molecule has 1 aromatic rings. The number of amides is 1. The SMILES string of the molecule is O=C1c2c(O)c(=O)ccn2CCN1CCCO. The summed E-state index contributed by atoms with van der Waals surface area (Å²) in [5.74, 6) is -0.855. The molecule has 0 fully saturated rings. The third-order valence-electron chi connectivity index (χ3n) is 2.84. The first-order valence-electron chi connectivity index (χ1n) is 5.47. The zero-order valence-electron chi connectivity index (χ0n) is 9.30. The molecule has 1 amide bonds. The van der Waals surface area contributed by atoms with E-state index in [2.05, 4.69) is 0 Å². The van der Waals surface area contributed by atoms with Crippen molar-refractivity contribution in [1.29, 1.82) is 0 Å². The lowest BCUT2D eigenvalue weighted by molar-refractivity contribution is 0.0686. The Bertz CT molecular complexity index is 495. The highest BCUT2D eigenvalue weighted by Gasteiger charge is 2.27. The Morgan fingerprint density at radius 1 is 1.29 bits per heavy atom. The summed E-state index contributed by atoms with van der Waals surface area (Å²) in [6, 6.07) is 1.25. The van der Waals surface area contributed by atoms with Gasteiger partial charge in [-0.2, -0.15) is 0 Å². The number of aliphatic hydroxyl groups excluding tert-OH is 1. The quantitative estimate of drug-likeness (QED) is 0.736. The van der Waals surface area contributed by atoms with Crippen LogP contribution in [0.2, 0.25) is 0 Å². The summed E-state index contributed by atoms with van der Waals surface area (Å²) < 4.78 is 1.58. The highest BCUT2D eigenvalue weighted by Crippen LogP contribution is 2.18. The summed E-state index contributed by atoms with van der Waals surface area (Å²) in [7, 11) is 0. The van der Waals surface area contributed by atoms with E-state index in [0.717, 1.165) is 0 Å². The Kier molecular flexibility index (Phi) is 3.14. The fourth-order valence-electron chi connectivity index (χ4n) is 1.93. The molecule has 0 saturated heterocycles. The number of hydrogen-bond acceptors (Lipinski definition) is 4. The van der Waals surface area contributed by atoms with Gasteiger partial charge >= 0.3 is 0 Å². The van der Waals surface area contributed by atoms with Crippen LogP contribution in [0.25, 0.3) is 0 Å². The summed E-state index contributed by atoms with van der Waals surface area (Å²) in [5, 5.41) is 18.4. The average Bonchev–Trinajstić information content (AvgIpc) is 2.33. The average molecular weight is 238 g/mol. The molecule has 1 aliphatic heterocycles. The van der Waals surface area contributed by atoms with Crippen molar-refractivity contribution in [2.75, 3.05) is 19.7 Å². The molecule has 2 N–H and O–H groups in total. The van der Waals surface area contributed by atoms with Crippen LogP contribution in [0.4, 0.5) is 0 Å². The molecule has 0 atom stereocenters. The van der Waals surface area contributed by atoms with Crippen LogP contribution >= 0.6 is 0 Å². The molecular formula is C11H14N2O4. The summed E-state index contributed by atoms with van der Waals surface area (Å²) in [5.41, 5.74) is -0.504. The van der Waals surface area contributed by atoms with Gasteiger partial charge < -0.3 is 19.7 Å². The number of nitrogens with zero attached hydrogens (tertiary/aromatic N) is 2. The van der Waals surface area contributed by atoms with Crippen LogP contribution in [-0.4, -0.2) is 45.3 Å². The number of pyridine rings is 1. The van der Waals surface area contributed by atoms with Gasteiger partial charge in [0.05, 0.1) is 0 Å². The van der Waals surface area contributed by atoms with Crippen LogP contribution in [0, 0.1) is 0 Å². The second-order valence-electron chi connectivity index (χ2n) is 3.94. The highest BCUT2D eigenvalue weighted by molar-refractivity contribution is 5.95. The minimum atomic E-state index is -0.548. The van der Waals surface area contributed by atoms with Crippen molar-refractivity contribution in [3.63, 3.8) is 0 Å². The van der Waals surface area contributed by atoms with E-state index >= 15 is 0 Å². The predicted octanol–water partition coefficient (Wildman–Crippen LogP) is -0.608. The van der Waals surface area contributed by atoms with Crippen molar-refractivity contribution in [3.05, 3.63) is 28.2 Å². The maximum atomic E-state index is 12.0. The van der Waals surface area contributed by atoms with E-state index in [0.29, 0.717) is 26.1 Å². The Hall–Kier alpha value is -1.82. The maximum absolute atomic E-state index is 12.0. The number of aliphatic hydroxyl groups is 1. The number of fused-ring (bicyclic) bond motifs is 1. The van der Waals surface area contributed by atoms with Crippen LogP contribution in [0.15, 0.2) is 17.1 Å². The molecule has 2 heterocycles. The van der Waals surface area contributed by atoms with Gasteiger partial charge in [-0.25, -0.2) is 0 Å². The molecule has 0 unspecified atom stereocenters. The van der Waals surface area contributed by atoms with Crippen molar-refractivity contribution in [1.82, 2.24) is 9.47 Å². The van der Waals surface area contributed by atoms with Gasteiger partial charge in [-0.15, -0.1) is 0 Å². The smallest absolute Gasteiger partial charge is 0.274 e. The minimum Gasteiger partial charge on any atom is -0.503 e. The zero-order chi connectivity index (χ0) is 12.4. The molecule has 0 saturated carbocycles. The molecule has 6 nitrogen and oxygen atoms in total. The minimum absolute atomic E-state index is 0.0113. The molecular weight excluding hydrogens is 224 g/mol. The molecule has 17 heavy (non-hydrogen) atoms. The third-order valence-corrected chi connectivity index (χ3v) is 2.84. The molecule has 0 aliphatic carbocycles. The van der Waals surface area contributed by atoms with Crippen molar-refractivity contribution in [3.8, 4) is 5.75 Å². The van der Waals surface area contributed by atoms with E-state index in [-0.39, 0.29) is 18.2 Å².